The first-order valence-corrected chi connectivity index (χ1v) is 10.9. The Morgan fingerprint density at radius 2 is 1.91 bits per heavy atom. The molecule has 0 saturated carbocycles. The molecule has 0 fully saturated rings. The Labute approximate surface area is 191 Å². The lowest BCUT2D eigenvalue weighted by Crippen LogP contribution is -2.27. The Hall–Kier alpha value is -3.94. The van der Waals surface area contributed by atoms with Gasteiger partial charge in [0.25, 0.3) is 5.91 Å². The topological polar surface area (TPSA) is 85.6 Å². The van der Waals surface area contributed by atoms with Crippen molar-refractivity contribution in [1.82, 2.24) is 30.5 Å². The number of aryl methyl sites for hydroxylation is 2. The van der Waals surface area contributed by atoms with Crippen LogP contribution in [-0.2, 0) is 6.42 Å². The predicted molar refractivity (Wildman–Crippen MR) is 123 cm³/mol. The molecule has 8 heteroatoms. The Kier molecular flexibility index (Phi) is 6.53. The van der Waals surface area contributed by atoms with E-state index in [1.165, 1.54) is 6.07 Å². The summed E-state index contributed by atoms with van der Waals surface area (Å²) in [6.45, 7) is 5.77. The van der Waals surface area contributed by atoms with Gasteiger partial charge in [0.15, 0.2) is 5.82 Å². The molecule has 2 aromatic heterocycles. The molecule has 0 aliphatic heterocycles. The molecule has 33 heavy (non-hydrogen) atoms. The highest BCUT2D eigenvalue weighted by molar-refractivity contribution is 5.96. The molecule has 7 nitrogen and oxygen atoms in total. The van der Waals surface area contributed by atoms with E-state index in [0.717, 1.165) is 17.5 Å². The number of pyridine rings is 1. The molecule has 168 valence electrons. The maximum absolute atomic E-state index is 14.8. The van der Waals surface area contributed by atoms with Gasteiger partial charge in [0.05, 0.1) is 11.7 Å². The molecule has 0 bridgehead atoms. The molecule has 4 rings (SSSR count). The van der Waals surface area contributed by atoms with Crippen molar-refractivity contribution < 1.29 is 9.18 Å². The summed E-state index contributed by atoms with van der Waals surface area (Å²) >= 11 is 0. The van der Waals surface area contributed by atoms with E-state index in [1.54, 1.807) is 41.3 Å². The maximum Gasteiger partial charge on any atom is 0.251 e. The second-order valence-corrected chi connectivity index (χ2v) is 7.98. The van der Waals surface area contributed by atoms with Gasteiger partial charge in [-0.2, -0.15) is 4.68 Å². The lowest BCUT2D eigenvalue weighted by atomic mass is 9.99. The van der Waals surface area contributed by atoms with E-state index in [4.69, 9.17) is 0 Å². The number of tetrazole rings is 1. The molecule has 1 amide bonds. The Morgan fingerprint density at radius 3 is 2.64 bits per heavy atom. The van der Waals surface area contributed by atoms with Crippen LogP contribution in [0.1, 0.15) is 53.6 Å². The zero-order chi connectivity index (χ0) is 23.4. The van der Waals surface area contributed by atoms with E-state index in [2.05, 4.69) is 25.8 Å². The number of nitrogens with one attached hydrogen (secondary N) is 1. The minimum Gasteiger partial charge on any atom is -0.346 e. The van der Waals surface area contributed by atoms with Crippen molar-refractivity contribution in [1.29, 1.82) is 0 Å². The summed E-state index contributed by atoms with van der Waals surface area (Å²) in [6.07, 6.45) is 4.91. The van der Waals surface area contributed by atoms with Gasteiger partial charge in [-0.05, 0) is 83.8 Å². The number of hydrogen-bond acceptors (Lipinski definition) is 5. The zero-order valence-electron chi connectivity index (χ0n) is 18.8. The van der Waals surface area contributed by atoms with Gasteiger partial charge >= 0.3 is 0 Å². The fourth-order valence-electron chi connectivity index (χ4n) is 3.68. The summed E-state index contributed by atoms with van der Waals surface area (Å²) in [4.78, 5) is 17.2. The number of hydrogen-bond donors (Lipinski definition) is 1. The Balaban J connectivity index is 1.77. The smallest absolute Gasteiger partial charge is 0.251 e. The second-order valence-electron chi connectivity index (χ2n) is 7.98. The van der Waals surface area contributed by atoms with Gasteiger partial charge in [-0.15, -0.1) is 5.10 Å². The second kappa shape index (κ2) is 9.68. The molecule has 0 aliphatic rings. The summed E-state index contributed by atoms with van der Waals surface area (Å²) in [5, 5.41) is 15.0. The average Bonchev–Trinajstić information content (AvgIpc) is 3.28. The maximum atomic E-state index is 14.8. The number of aromatic nitrogens is 5. The summed E-state index contributed by atoms with van der Waals surface area (Å²) in [5.41, 5.74) is 3.73. The molecule has 0 spiro atoms. The monoisotopic (exact) mass is 444 g/mol. The normalized spacial score (nSPS) is 11.9. The van der Waals surface area contributed by atoms with Crippen molar-refractivity contribution in [2.45, 2.75) is 39.7 Å². The third-order valence-electron chi connectivity index (χ3n) is 5.42. The first-order valence-electron chi connectivity index (χ1n) is 10.9. The van der Waals surface area contributed by atoms with E-state index in [-0.39, 0.29) is 17.8 Å². The van der Waals surface area contributed by atoms with Crippen molar-refractivity contribution in [3.8, 4) is 16.8 Å². The minimum atomic E-state index is -0.353. The van der Waals surface area contributed by atoms with Crippen molar-refractivity contribution in [2.75, 3.05) is 0 Å². The van der Waals surface area contributed by atoms with Gasteiger partial charge in [0.1, 0.15) is 5.82 Å². The molecule has 0 aliphatic carbocycles. The quantitative estimate of drug-likeness (QED) is 0.450. The molecule has 0 radical (unpaired) electrons. The first-order chi connectivity index (χ1) is 16.0. The van der Waals surface area contributed by atoms with Gasteiger partial charge in [-0.3, -0.25) is 9.78 Å². The predicted octanol–water partition coefficient (Wildman–Crippen LogP) is 4.62. The number of carbonyl (C=O) groups is 1. The third kappa shape index (κ3) is 4.95. The van der Waals surface area contributed by atoms with Crippen LogP contribution in [0.4, 0.5) is 4.39 Å². The van der Waals surface area contributed by atoms with E-state index >= 15 is 0 Å². The molecule has 0 saturated heterocycles. The van der Waals surface area contributed by atoms with Crippen LogP contribution < -0.4 is 5.32 Å². The van der Waals surface area contributed by atoms with Crippen molar-refractivity contribution in [2.24, 2.45) is 0 Å². The molecule has 1 unspecified atom stereocenters. The number of halogens is 1. The van der Waals surface area contributed by atoms with Crippen LogP contribution in [0, 0.1) is 12.7 Å². The highest BCUT2D eigenvalue weighted by atomic mass is 19.1. The van der Waals surface area contributed by atoms with Crippen molar-refractivity contribution in [3.05, 3.63) is 89.3 Å². The molecule has 2 heterocycles. The summed E-state index contributed by atoms with van der Waals surface area (Å²) in [5.74, 6) is 0.0461. The van der Waals surface area contributed by atoms with Crippen LogP contribution in [0.5, 0.6) is 0 Å². The largest absolute Gasteiger partial charge is 0.346 e. The summed E-state index contributed by atoms with van der Waals surface area (Å²) in [6, 6.07) is 13.7. The fraction of sp³-hybridized carbons (Fsp3) is 0.240. The van der Waals surface area contributed by atoms with Crippen molar-refractivity contribution in [3.63, 3.8) is 0 Å². The van der Waals surface area contributed by atoms with E-state index < -0.39 is 0 Å². The van der Waals surface area contributed by atoms with E-state index in [1.807, 2.05) is 39.0 Å². The summed E-state index contributed by atoms with van der Waals surface area (Å²) < 4.78 is 16.4. The Bertz CT molecular complexity index is 1270. The highest BCUT2D eigenvalue weighted by Crippen LogP contribution is 2.28. The van der Waals surface area contributed by atoms with Gasteiger partial charge in [-0.25, -0.2) is 4.39 Å². The number of nitrogens with zero attached hydrogens (tertiary/aromatic N) is 5. The zero-order valence-corrected chi connectivity index (χ0v) is 18.8. The molecule has 1 N–H and O–H groups in total. The number of carbonyl (C=O) groups excluding carboxylic acids is 1. The van der Waals surface area contributed by atoms with Gasteiger partial charge < -0.3 is 5.32 Å². The van der Waals surface area contributed by atoms with Gasteiger partial charge in [-0.1, -0.05) is 19.1 Å². The van der Waals surface area contributed by atoms with Gasteiger partial charge in [0.2, 0.25) is 0 Å². The van der Waals surface area contributed by atoms with E-state index in [0.29, 0.717) is 34.6 Å². The lowest BCUT2D eigenvalue weighted by molar-refractivity contribution is 0.0940. The van der Waals surface area contributed by atoms with Crippen LogP contribution >= 0.6 is 0 Å². The molecular weight excluding hydrogens is 419 g/mol. The first kappa shape index (κ1) is 22.3. The third-order valence-corrected chi connectivity index (χ3v) is 5.42. The van der Waals surface area contributed by atoms with E-state index in [9.17, 15) is 9.18 Å². The van der Waals surface area contributed by atoms with Crippen LogP contribution in [-0.4, -0.2) is 31.1 Å². The van der Waals surface area contributed by atoms with Crippen LogP contribution in [0.3, 0.4) is 0 Å². The SMILES string of the molecule is CCCc1nnnn1-c1cc(C(=O)NC(C)c2ccncc2)cc(-c2ccc(C)cc2F)c1. The van der Waals surface area contributed by atoms with Crippen LogP contribution in [0.25, 0.3) is 16.8 Å². The van der Waals surface area contributed by atoms with Crippen molar-refractivity contribution >= 4 is 5.91 Å². The van der Waals surface area contributed by atoms with Crippen LogP contribution in [0.15, 0.2) is 60.9 Å². The number of amides is 1. The molecular formula is C25H25FN6O. The number of benzene rings is 2. The lowest BCUT2D eigenvalue weighted by Gasteiger charge is -2.16. The highest BCUT2D eigenvalue weighted by Gasteiger charge is 2.17. The average molecular weight is 445 g/mol. The van der Waals surface area contributed by atoms with Crippen LogP contribution in [0.2, 0.25) is 0 Å². The minimum absolute atomic E-state index is 0.229. The standard InChI is InChI=1S/C25H25FN6O/c1-4-5-24-29-30-31-32(24)21-14-19(22-7-6-16(2)12-23(22)26)13-20(15-21)25(33)28-17(3)18-8-10-27-11-9-18/h6-15,17H,4-5H2,1-3H3,(H,28,33). The number of rotatable bonds is 7. The molecule has 4 aromatic rings. The fourth-order valence-corrected chi connectivity index (χ4v) is 3.68. The molecule has 1 atom stereocenters. The molecule has 2 aromatic carbocycles. The summed E-state index contributed by atoms with van der Waals surface area (Å²) in [7, 11) is 0. The Morgan fingerprint density at radius 1 is 1.12 bits per heavy atom. The van der Waals surface area contributed by atoms with Gasteiger partial charge in [0, 0.05) is 29.9 Å².